The largest absolute Gasteiger partial charge is 0.466 e. The van der Waals surface area contributed by atoms with E-state index in [0.717, 1.165) is 4.88 Å². The fourth-order valence-corrected chi connectivity index (χ4v) is 4.49. The van der Waals surface area contributed by atoms with E-state index in [0.29, 0.717) is 37.3 Å². The molecule has 0 N–H and O–H groups in total. The number of aryl methyl sites for hydroxylation is 1. The molecule has 1 atom stereocenters. The van der Waals surface area contributed by atoms with Gasteiger partial charge in [-0.25, -0.2) is 4.39 Å². The minimum Gasteiger partial charge on any atom is -0.466 e. The molecule has 0 radical (unpaired) electrons. The van der Waals surface area contributed by atoms with Gasteiger partial charge in [-0.3, -0.25) is 14.4 Å². The highest BCUT2D eigenvalue weighted by Crippen LogP contribution is 2.22. The summed E-state index contributed by atoms with van der Waals surface area (Å²) in [5, 5.41) is 0. The van der Waals surface area contributed by atoms with Gasteiger partial charge in [0.05, 0.1) is 18.1 Å². The molecule has 2 amide bonds. The highest BCUT2D eigenvalue weighted by atomic mass is 32.1. The quantitative estimate of drug-likeness (QED) is 0.660. The molecule has 3 rings (SSSR count). The molecular formula is C22H26FN3O4S. The third-order valence-electron chi connectivity index (χ3n) is 5.30. The molecule has 1 aliphatic rings. The van der Waals surface area contributed by atoms with Crippen molar-refractivity contribution >= 4 is 29.1 Å². The molecular weight excluding hydrogens is 421 g/mol. The van der Waals surface area contributed by atoms with Crippen molar-refractivity contribution in [3.8, 4) is 0 Å². The zero-order valence-electron chi connectivity index (χ0n) is 17.8. The number of ether oxygens (including phenoxy) is 1. The van der Waals surface area contributed by atoms with Gasteiger partial charge in [-0.05, 0) is 45.7 Å². The highest BCUT2D eigenvalue weighted by Gasteiger charge is 2.31. The van der Waals surface area contributed by atoms with E-state index >= 15 is 0 Å². The maximum absolute atomic E-state index is 13.9. The van der Waals surface area contributed by atoms with Crippen LogP contribution in [0, 0.1) is 18.7 Å². The van der Waals surface area contributed by atoms with Crippen molar-refractivity contribution in [1.82, 2.24) is 9.47 Å². The lowest BCUT2D eigenvalue weighted by Gasteiger charge is -2.32. The van der Waals surface area contributed by atoms with Gasteiger partial charge in [-0.2, -0.15) is 4.99 Å². The van der Waals surface area contributed by atoms with Gasteiger partial charge >= 0.3 is 5.97 Å². The van der Waals surface area contributed by atoms with E-state index in [1.54, 1.807) is 35.6 Å². The van der Waals surface area contributed by atoms with E-state index in [-0.39, 0.29) is 23.4 Å². The summed E-state index contributed by atoms with van der Waals surface area (Å²) in [6.07, 6.45) is 2.90. The number of carbonyl (C=O) groups is 3. The first kappa shape index (κ1) is 22.9. The zero-order valence-corrected chi connectivity index (χ0v) is 18.7. The molecule has 1 aromatic carbocycles. The minimum atomic E-state index is -0.691. The lowest BCUT2D eigenvalue weighted by molar-refractivity contribution is -0.151. The average Bonchev–Trinajstić information content (AvgIpc) is 3.13. The van der Waals surface area contributed by atoms with E-state index in [1.165, 1.54) is 29.5 Å². The van der Waals surface area contributed by atoms with Crippen LogP contribution >= 0.6 is 11.3 Å². The number of hydrogen-bond acceptors (Lipinski definition) is 5. The molecule has 0 spiro atoms. The second kappa shape index (κ2) is 10.00. The molecule has 0 bridgehead atoms. The number of nitrogens with zero attached hydrogens (tertiary/aromatic N) is 3. The first-order valence-corrected chi connectivity index (χ1v) is 11.1. The number of thiazole rings is 1. The average molecular weight is 448 g/mol. The smallest absolute Gasteiger partial charge is 0.309 e. The van der Waals surface area contributed by atoms with Crippen molar-refractivity contribution in [1.29, 1.82) is 0 Å². The summed E-state index contributed by atoms with van der Waals surface area (Å²) in [6.45, 7) is 6.67. The van der Waals surface area contributed by atoms with Gasteiger partial charge in [0, 0.05) is 24.2 Å². The topological polar surface area (TPSA) is 81.0 Å². The highest BCUT2D eigenvalue weighted by molar-refractivity contribution is 7.09. The number of amides is 2. The number of halogens is 1. The Bertz CT molecular complexity index is 1040. The third kappa shape index (κ3) is 5.28. The van der Waals surface area contributed by atoms with Gasteiger partial charge in [0.2, 0.25) is 5.91 Å². The van der Waals surface area contributed by atoms with Crippen LogP contribution in [-0.4, -0.2) is 46.9 Å². The Morgan fingerprint density at radius 1 is 1.26 bits per heavy atom. The zero-order chi connectivity index (χ0) is 22.5. The summed E-state index contributed by atoms with van der Waals surface area (Å²) in [7, 11) is 0. The minimum absolute atomic E-state index is 0.111. The van der Waals surface area contributed by atoms with Crippen LogP contribution in [0.1, 0.15) is 48.0 Å². The van der Waals surface area contributed by atoms with Crippen LogP contribution < -0.4 is 4.80 Å². The van der Waals surface area contributed by atoms with Crippen molar-refractivity contribution < 1.29 is 23.5 Å². The molecule has 2 aromatic rings. The molecule has 0 aliphatic carbocycles. The van der Waals surface area contributed by atoms with Gasteiger partial charge in [-0.15, -0.1) is 11.3 Å². The number of hydrogen-bond donors (Lipinski definition) is 0. The summed E-state index contributed by atoms with van der Waals surface area (Å²) < 4.78 is 20.7. The number of rotatable bonds is 5. The van der Waals surface area contributed by atoms with Crippen molar-refractivity contribution in [2.75, 3.05) is 19.7 Å². The number of piperidine rings is 1. The maximum atomic E-state index is 13.9. The lowest BCUT2D eigenvalue weighted by Crippen LogP contribution is -2.44. The molecule has 2 heterocycles. The van der Waals surface area contributed by atoms with E-state index in [1.807, 2.05) is 6.92 Å². The normalized spacial score (nSPS) is 16.3. The summed E-state index contributed by atoms with van der Waals surface area (Å²) in [6, 6.07) is 5.09. The summed E-state index contributed by atoms with van der Waals surface area (Å²) in [4.78, 5) is 44.5. The van der Waals surface area contributed by atoms with Crippen molar-refractivity contribution in [2.45, 2.75) is 39.7 Å². The summed E-state index contributed by atoms with van der Waals surface area (Å²) in [5.41, 5.74) is -0.111. The Labute approximate surface area is 184 Å². The monoisotopic (exact) mass is 447 g/mol. The number of carbonyl (C=O) groups excluding carboxylic acids is 3. The molecule has 7 nitrogen and oxygen atoms in total. The summed E-state index contributed by atoms with van der Waals surface area (Å²) >= 11 is 1.27. The predicted octanol–water partition coefficient (Wildman–Crippen LogP) is 3.10. The molecule has 9 heteroatoms. The second-order valence-corrected chi connectivity index (χ2v) is 8.67. The first-order valence-electron chi connectivity index (χ1n) is 10.3. The Hall–Kier alpha value is -2.81. The Morgan fingerprint density at radius 2 is 1.94 bits per heavy atom. The van der Waals surface area contributed by atoms with Crippen LogP contribution in [-0.2, 0) is 14.3 Å². The number of aromatic nitrogens is 1. The van der Waals surface area contributed by atoms with Crippen LogP contribution in [0.2, 0.25) is 0 Å². The number of likely N-dealkylation sites (tertiary alicyclic amines) is 1. The van der Waals surface area contributed by atoms with Crippen LogP contribution in [0.3, 0.4) is 0 Å². The molecule has 0 saturated carbocycles. The summed E-state index contributed by atoms with van der Waals surface area (Å²) in [5.74, 6) is -1.83. The molecule has 1 saturated heterocycles. The van der Waals surface area contributed by atoms with E-state index < -0.39 is 17.8 Å². The number of esters is 1. The molecule has 166 valence electrons. The van der Waals surface area contributed by atoms with Gasteiger partial charge in [-0.1, -0.05) is 12.1 Å². The van der Waals surface area contributed by atoms with Crippen LogP contribution in [0.5, 0.6) is 0 Å². The van der Waals surface area contributed by atoms with Crippen molar-refractivity contribution in [3.05, 3.63) is 51.5 Å². The predicted molar refractivity (Wildman–Crippen MR) is 114 cm³/mol. The van der Waals surface area contributed by atoms with E-state index in [4.69, 9.17) is 4.74 Å². The molecule has 1 fully saturated rings. The van der Waals surface area contributed by atoms with Crippen LogP contribution in [0.25, 0.3) is 0 Å². The molecule has 31 heavy (non-hydrogen) atoms. The van der Waals surface area contributed by atoms with Gasteiger partial charge in [0.1, 0.15) is 11.9 Å². The molecule has 0 unspecified atom stereocenters. The fraction of sp³-hybridized carbons (Fsp3) is 0.455. The van der Waals surface area contributed by atoms with E-state index in [2.05, 4.69) is 4.99 Å². The van der Waals surface area contributed by atoms with Gasteiger partial charge in [0.25, 0.3) is 5.91 Å². The SMILES string of the molecule is CCOC(=O)C1CCN(C(=O)[C@H](C)n2cc(C)sc2=NC(=O)c2ccccc2F)CC1. The molecule has 1 aromatic heterocycles. The van der Waals surface area contributed by atoms with Crippen molar-refractivity contribution in [2.24, 2.45) is 10.9 Å². The Balaban J connectivity index is 1.76. The Kier molecular flexibility index (Phi) is 7.37. The third-order valence-corrected chi connectivity index (χ3v) is 6.21. The fourth-order valence-electron chi connectivity index (χ4n) is 3.59. The van der Waals surface area contributed by atoms with Crippen LogP contribution in [0.4, 0.5) is 4.39 Å². The van der Waals surface area contributed by atoms with Crippen LogP contribution in [0.15, 0.2) is 35.5 Å². The second-order valence-electron chi connectivity index (χ2n) is 7.46. The number of benzene rings is 1. The standard InChI is InChI=1S/C22H26FN3O4S/c1-4-30-21(29)16-9-11-25(12-10-16)20(28)15(3)26-13-14(2)31-22(26)24-19(27)17-7-5-6-8-18(17)23/h5-8,13,15-16H,4,9-12H2,1-3H3/t15-/m0/s1. The van der Waals surface area contributed by atoms with E-state index in [9.17, 15) is 18.8 Å². The maximum Gasteiger partial charge on any atom is 0.309 e. The Morgan fingerprint density at radius 3 is 2.58 bits per heavy atom. The van der Waals surface area contributed by atoms with Gasteiger partial charge in [0.15, 0.2) is 4.80 Å². The van der Waals surface area contributed by atoms with Crippen molar-refractivity contribution in [3.63, 3.8) is 0 Å². The molecule has 1 aliphatic heterocycles. The first-order chi connectivity index (χ1) is 14.8. The van der Waals surface area contributed by atoms with Gasteiger partial charge < -0.3 is 14.2 Å². The lowest BCUT2D eigenvalue weighted by atomic mass is 9.96.